The molecule has 3 aromatic heterocycles. The van der Waals surface area contributed by atoms with Gasteiger partial charge in [-0.05, 0) is 51.2 Å². The molecule has 0 fully saturated rings. The molecule has 0 aliphatic rings. The van der Waals surface area contributed by atoms with Crippen LogP contribution in [0.5, 0.6) is 0 Å². The van der Waals surface area contributed by atoms with Crippen LogP contribution in [-0.4, -0.2) is 33.8 Å². The number of hydrogen-bond donors (Lipinski definition) is 0. The van der Waals surface area contributed by atoms with Gasteiger partial charge >= 0.3 is 0 Å². The predicted octanol–water partition coefficient (Wildman–Crippen LogP) is 4.67. The Hall–Kier alpha value is -2.70. The van der Waals surface area contributed by atoms with E-state index in [-0.39, 0.29) is 5.78 Å². The maximum absolute atomic E-state index is 12.9. The van der Waals surface area contributed by atoms with E-state index in [1.165, 1.54) is 4.70 Å². The van der Waals surface area contributed by atoms with Crippen molar-refractivity contribution in [2.45, 2.75) is 26.9 Å². The second kappa shape index (κ2) is 7.73. The summed E-state index contributed by atoms with van der Waals surface area (Å²) in [6, 6.07) is 13.9. The SMILES string of the molecule is Cc1cc(C(=O)CN(C)Cc2nc3ccccc3s2)c(C)n1Cc1ccco1. The first kappa shape index (κ1) is 18.7. The van der Waals surface area contributed by atoms with Crippen LogP contribution in [0.2, 0.25) is 0 Å². The van der Waals surface area contributed by atoms with Gasteiger partial charge in [0.05, 0.1) is 36.1 Å². The standard InChI is InChI=1S/C22H23N3O2S/c1-15-11-18(16(2)25(15)12-17-7-6-10-27-17)20(26)13-24(3)14-22-23-19-8-4-5-9-21(19)28-22/h4-11H,12-14H2,1-3H3. The molecule has 0 aliphatic carbocycles. The third-order valence-corrected chi connectivity index (χ3v) is 5.95. The quantitative estimate of drug-likeness (QED) is 0.428. The van der Waals surface area contributed by atoms with E-state index in [4.69, 9.17) is 4.42 Å². The summed E-state index contributed by atoms with van der Waals surface area (Å²) >= 11 is 1.68. The van der Waals surface area contributed by atoms with Crippen LogP contribution >= 0.6 is 11.3 Å². The number of likely N-dealkylation sites (N-methyl/N-ethyl adjacent to an activating group) is 1. The van der Waals surface area contributed by atoms with E-state index in [1.54, 1.807) is 17.6 Å². The number of Topliss-reactive ketones (excluding diaryl/α,β-unsaturated/α-hetero) is 1. The van der Waals surface area contributed by atoms with Gasteiger partial charge < -0.3 is 8.98 Å². The average Bonchev–Trinajstić information content (AvgIpc) is 3.37. The molecule has 4 aromatic rings. The van der Waals surface area contributed by atoms with Crippen LogP contribution in [0, 0.1) is 13.8 Å². The van der Waals surface area contributed by atoms with E-state index in [1.807, 2.05) is 62.2 Å². The van der Waals surface area contributed by atoms with Gasteiger partial charge in [0.1, 0.15) is 10.8 Å². The minimum absolute atomic E-state index is 0.127. The van der Waals surface area contributed by atoms with Crippen molar-refractivity contribution in [3.05, 3.63) is 76.4 Å². The summed E-state index contributed by atoms with van der Waals surface area (Å²) in [6.45, 7) is 5.69. The number of ketones is 1. The van der Waals surface area contributed by atoms with Crippen LogP contribution in [-0.2, 0) is 13.1 Å². The molecular formula is C22H23N3O2S. The van der Waals surface area contributed by atoms with E-state index in [2.05, 4.69) is 15.6 Å². The van der Waals surface area contributed by atoms with Crippen molar-refractivity contribution in [2.24, 2.45) is 0 Å². The topological polar surface area (TPSA) is 51.3 Å². The molecule has 28 heavy (non-hydrogen) atoms. The van der Waals surface area contributed by atoms with Gasteiger partial charge in [0.25, 0.3) is 0 Å². The first-order chi connectivity index (χ1) is 13.5. The lowest BCUT2D eigenvalue weighted by atomic mass is 10.1. The number of fused-ring (bicyclic) bond motifs is 1. The van der Waals surface area contributed by atoms with Gasteiger partial charge in [0.15, 0.2) is 5.78 Å². The monoisotopic (exact) mass is 393 g/mol. The van der Waals surface area contributed by atoms with E-state index < -0.39 is 0 Å². The number of benzene rings is 1. The number of para-hydroxylation sites is 1. The molecule has 6 heteroatoms. The first-order valence-corrected chi connectivity index (χ1v) is 10.1. The summed E-state index contributed by atoms with van der Waals surface area (Å²) in [7, 11) is 1.96. The van der Waals surface area contributed by atoms with E-state index in [9.17, 15) is 4.79 Å². The van der Waals surface area contributed by atoms with Crippen LogP contribution in [0.15, 0.2) is 53.1 Å². The molecule has 0 saturated carbocycles. The molecular weight excluding hydrogens is 370 g/mol. The van der Waals surface area contributed by atoms with Gasteiger partial charge in [-0.2, -0.15) is 0 Å². The van der Waals surface area contributed by atoms with Gasteiger partial charge in [-0.25, -0.2) is 4.98 Å². The molecule has 1 aromatic carbocycles. The molecule has 144 valence electrons. The first-order valence-electron chi connectivity index (χ1n) is 9.26. The number of rotatable bonds is 7. The largest absolute Gasteiger partial charge is 0.467 e. The number of carbonyl (C=O) groups is 1. The summed E-state index contributed by atoms with van der Waals surface area (Å²) in [6.07, 6.45) is 1.67. The Morgan fingerprint density at radius 1 is 1.21 bits per heavy atom. The van der Waals surface area contributed by atoms with Crippen molar-refractivity contribution in [3.8, 4) is 0 Å². The number of thiazole rings is 1. The summed E-state index contributed by atoms with van der Waals surface area (Å²) in [5.41, 5.74) is 3.84. The number of furan rings is 1. The summed E-state index contributed by atoms with van der Waals surface area (Å²) < 4.78 is 8.76. The molecule has 5 nitrogen and oxygen atoms in total. The van der Waals surface area contributed by atoms with Gasteiger partial charge in [-0.1, -0.05) is 12.1 Å². The van der Waals surface area contributed by atoms with Crippen molar-refractivity contribution in [3.63, 3.8) is 0 Å². The molecule has 0 bridgehead atoms. The predicted molar refractivity (Wildman–Crippen MR) is 112 cm³/mol. The lowest BCUT2D eigenvalue weighted by molar-refractivity contribution is 0.0942. The lowest BCUT2D eigenvalue weighted by Gasteiger charge is -2.14. The second-order valence-electron chi connectivity index (χ2n) is 7.12. The molecule has 0 atom stereocenters. The fraction of sp³-hybridized carbons (Fsp3) is 0.273. The number of aryl methyl sites for hydroxylation is 1. The second-order valence-corrected chi connectivity index (χ2v) is 8.24. The molecule has 0 spiro atoms. The smallest absolute Gasteiger partial charge is 0.178 e. The third kappa shape index (κ3) is 3.79. The molecule has 4 rings (SSSR count). The van der Waals surface area contributed by atoms with Crippen LogP contribution in [0.4, 0.5) is 0 Å². The van der Waals surface area contributed by atoms with E-state index in [0.29, 0.717) is 19.6 Å². The number of carbonyl (C=O) groups excluding carboxylic acids is 1. The zero-order valence-electron chi connectivity index (χ0n) is 16.3. The minimum Gasteiger partial charge on any atom is -0.467 e. The summed E-state index contributed by atoms with van der Waals surface area (Å²) in [4.78, 5) is 19.6. The highest BCUT2D eigenvalue weighted by Gasteiger charge is 2.18. The minimum atomic E-state index is 0.127. The molecule has 0 N–H and O–H groups in total. The maximum atomic E-state index is 12.9. The molecule has 3 heterocycles. The Morgan fingerprint density at radius 3 is 2.79 bits per heavy atom. The normalized spacial score (nSPS) is 11.6. The highest BCUT2D eigenvalue weighted by molar-refractivity contribution is 7.18. The lowest BCUT2D eigenvalue weighted by Crippen LogP contribution is -2.25. The molecule has 0 radical (unpaired) electrons. The third-order valence-electron chi connectivity index (χ3n) is 4.92. The van der Waals surface area contributed by atoms with Gasteiger partial charge in [-0.3, -0.25) is 9.69 Å². The zero-order valence-corrected chi connectivity index (χ0v) is 17.1. The number of nitrogens with zero attached hydrogens (tertiary/aromatic N) is 3. The van der Waals surface area contributed by atoms with Gasteiger partial charge in [0.2, 0.25) is 0 Å². The Balaban J connectivity index is 1.45. The number of hydrogen-bond acceptors (Lipinski definition) is 5. The highest BCUT2D eigenvalue weighted by atomic mass is 32.1. The van der Waals surface area contributed by atoms with Crippen LogP contribution < -0.4 is 0 Å². The fourth-order valence-corrected chi connectivity index (χ4v) is 4.54. The van der Waals surface area contributed by atoms with E-state index >= 15 is 0 Å². The van der Waals surface area contributed by atoms with E-state index in [0.717, 1.165) is 33.2 Å². The van der Waals surface area contributed by atoms with Crippen LogP contribution in [0.1, 0.15) is 32.5 Å². The van der Waals surface area contributed by atoms with Crippen LogP contribution in [0.25, 0.3) is 10.2 Å². The van der Waals surface area contributed by atoms with Crippen molar-refractivity contribution >= 4 is 27.3 Å². The summed E-state index contributed by atoms with van der Waals surface area (Å²) in [5.74, 6) is 1.01. The van der Waals surface area contributed by atoms with Crippen molar-refractivity contribution in [1.82, 2.24) is 14.5 Å². The number of aromatic nitrogens is 2. The van der Waals surface area contributed by atoms with Crippen molar-refractivity contribution in [2.75, 3.05) is 13.6 Å². The Bertz CT molecular complexity index is 1080. The molecule has 0 aliphatic heterocycles. The molecule has 0 amide bonds. The summed E-state index contributed by atoms with van der Waals surface area (Å²) in [5, 5.41) is 1.03. The maximum Gasteiger partial charge on any atom is 0.178 e. The Morgan fingerprint density at radius 2 is 2.04 bits per heavy atom. The van der Waals surface area contributed by atoms with Crippen molar-refractivity contribution in [1.29, 1.82) is 0 Å². The zero-order chi connectivity index (χ0) is 19.7. The average molecular weight is 394 g/mol. The van der Waals surface area contributed by atoms with Gasteiger partial charge in [0, 0.05) is 17.0 Å². The molecule has 0 saturated heterocycles. The van der Waals surface area contributed by atoms with Gasteiger partial charge in [-0.15, -0.1) is 11.3 Å². The Labute approximate surface area is 168 Å². The highest BCUT2D eigenvalue weighted by Crippen LogP contribution is 2.23. The fourth-order valence-electron chi connectivity index (χ4n) is 3.49. The van der Waals surface area contributed by atoms with Crippen LogP contribution in [0.3, 0.4) is 0 Å². The Kier molecular flexibility index (Phi) is 5.15. The molecule has 0 unspecified atom stereocenters. The van der Waals surface area contributed by atoms with Crippen molar-refractivity contribution < 1.29 is 9.21 Å².